The van der Waals surface area contributed by atoms with Crippen LogP contribution in [0.25, 0.3) is 0 Å². The second kappa shape index (κ2) is 6.09. The molecule has 24 heavy (non-hydrogen) atoms. The molecule has 0 bridgehead atoms. The predicted molar refractivity (Wildman–Crippen MR) is 95.0 cm³/mol. The van der Waals surface area contributed by atoms with Gasteiger partial charge in [-0.15, -0.1) is 11.3 Å². The summed E-state index contributed by atoms with van der Waals surface area (Å²) in [6.07, 6.45) is 0.0645. The van der Waals surface area contributed by atoms with E-state index in [-0.39, 0.29) is 5.91 Å². The summed E-state index contributed by atoms with van der Waals surface area (Å²) >= 11 is 1.46. The highest BCUT2D eigenvalue weighted by Crippen LogP contribution is 2.34. The molecule has 1 atom stereocenters. The summed E-state index contributed by atoms with van der Waals surface area (Å²) in [5.74, 6) is 0.700. The molecule has 1 aromatic heterocycles. The lowest BCUT2D eigenvalue weighted by molar-refractivity contribution is -0.123. The Hall–Kier alpha value is -2.66. The van der Waals surface area contributed by atoms with Crippen molar-refractivity contribution in [3.8, 4) is 5.75 Å². The average Bonchev–Trinajstić information content (AvgIpc) is 3.22. The molecule has 0 unspecified atom stereocenters. The number of ether oxygens (including phenoxy) is 1. The lowest BCUT2D eigenvalue weighted by Gasteiger charge is -2.23. The van der Waals surface area contributed by atoms with Crippen molar-refractivity contribution in [2.45, 2.75) is 19.4 Å². The number of aromatic nitrogens is 1. The highest BCUT2D eigenvalue weighted by Gasteiger charge is 2.34. The van der Waals surface area contributed by atoms with E-state index in [1.165, 1.54) is 11.3 Å². The van der Waals surface area contributed by atoms with Crippen LogP contribution in [0.5, 0.6) is 5.75 Å². The van der Waals surface area contributed by atoms with Crippen molar-refractivity contribution in [2.24, 2.45) is 0 Å². The fraction of sp³-hybridized carbons (Fsp3) is 0.158. The Kier molecular flexibility index (Phi) is 3.78. The first kappa shape index (κ1) is 14.9. The summed E-state index contributed by atoms with van der Waals surface area (Å²) in [7, 11) is 0. The van der Waals surface area contributed by atoms with Gasteiger partial charge < -0.3 is 4.74 Å². The smallest absolute Gasteiger partial charge is 0.274 e. The maximum Gasteiger partial charge on any atom is 0.274 e. The standard InChI is InChI=1S/C19H16N2O2S/c1-13-12-24-19(20-13)21(15-8-3-2-4-9-15)18(22)17-11-14-7-5-6-10-16(14)23-17/h2-10,12,17H,11H2,1H3/t17-/m0/s1. The Labute approximate surface area is 144 Å². The van der Waals surface area contributed by atoms with E-state index < -0.39 is 6.10 Å². The van der Waals surface area contributed by atoms with Crippen LogP contribution < -0.4 is 9.64 Å². The molecule has 0 fully saturated rings. The van der Waals surface area contributed by atoms with Crippen molar-refractivity contribution < 1.29 is 9.53 Å². The second-order valence-electron chi connectivity index (χ2n) is 5.70. The van der Waals surface area contributed by atoms with Gasteiger partial charge in [-0.2, -0.15) is 0 Å². The molecule has 4 rings (SSSR count). The Morgan fingerprint density at radius 1 is 1.17 bits per heavy atom. The number of hydrogen-bond donors (Lipinski definition) is 0. The van der Waals surface area contributed by atoms with E-state index in [0.29, 0.717) is 11.6 Å². The van der Waals surface area contributed by atoms with Gasteiger partial charge in [-0.05, 0) is 30.7 Å². The van der Waals surface area contributed by atoms with Crippen LogP contribution in [0.3, 0.4) is 0 Å². The maximum absolute atomic E-state index is 13.2. The number of anilines is 2. The first-order valence-electron chi connectivity index (χ1n) is 7.78. The Morgan fingerprint density at radius 2 is 1.92 bits per heavy atom. The lowest BCUT2D eigenvalue weighted by atomic mass is 10.1. The molecule has 1 aliphatic heterocycles. The van der Waals surface area contributed by atoms with Gasteiger partial charge in [0.25, 0.3) is 5.91 Å². The van der Waals surface area contributed by atoms with Crippen LogP contribution in [0.1, 0.15) is 11.3 Å². The van der Waals surface area contributed by atoms with Gasteiger partial charge in [-0.3, -0.25) is 9.69 Å². The number of rotatable bonds is 3. The number of carbonyl (C=O) groups is 1. The molecular formula is C19H16N2O2S. The molecule has 0 saturated heterocycles. The zero-order valence-electron chi connectivity index (χ0n) is 13.2. The number of amides is 1. The van der Waals surface area contributed by atoms with Crippen LogP contribution in [-0.4, -0.2) is 17.0 Å². The SMILES string of the molecule is Cc1csc(N(C(=O)[C@@H]2Cc3ccccc3O2)c2ccccc2)n1. The first-order valence-corrected chi connectivity index (χ1v) is 8.66. The molecule has 0 radical (unpaired) electrons. The topological polar surface area (TPSA) is 42.4 Å². The van der Waals surface area contributed by atoms with Crippen LogP contribution in [-0.2, 0) is 11.2 Å². The second-order valence-corrected chi connectivity index (χ2v) is 6.54. The molecule has 0 aliphatic carbocycles. The van der Waals surface area contributed by atoms with Crippen molar-refractivity contribution in [1.82, 2.24) is 4.98 Å². The number of aryl methyl sites for hydroxylation is 1. The van der Waals surface area contributed by atoms with Crippen LogP contribution in [0.15, 0.2) is 60.0 Å². The quantitative estimate of drug-likeness (QED) is 0.722. The van der Waals surface area contributed by atoms with E-state index in [0.717, 1.165) is 22.7 Å². The summed E-state index contributed by atoms with van der Waals surface area (Å²) in [6.45, 7) is 1.93. The fourth-order valence-electron chi connectivity index (χ4n) is 2.82. The summed E-state index contributed by atoms with van der Waals surface area (Å²) in [5, 5.41) is 2.62. The third-order valence-corrected chi connectivity index (χ3v) is 4.90. The first-order chi connectivity index (χ1) is 11.7. The van der Waals surface area contributed by atoms with Crippen molar-refractivity contribution in [3.63, 3.8) is 0 Å². The molecule has 1 aliphatic rings. The van der Waals surface area contributed by atoms with E-state index in [4.69, 9.17) is 4.74 Å². The van der Waals surface area contributed by atoms with Crippen LogP contribution in [0.2, 0.25) is 0 Å². The van der Waals surface area contributed by atoms with Crippen LogP contribution in [0.4, 0.5) is 10.8 Å². The molecule has 0 spiro atoms. The molecule has 0 saturated carbocycles. The van der Waals surface area contributed by atoms with Gasteiger partial charge in [-0.1, -0.05) is 36.4 Å². The van der Waals surface area contributed by atoms with Gasteiger partial charge in [0.2, 0.25) is 0 Å². The monoisotopic (exact) mass is 336 g/mol. The molecule has 2 heterocycles. The van der Waals surface area contributed by atoms with E-state index in [1.807, 2.05) is 66.9 Å². The molecule has 120 valence electrons. The molecule has 0 N–H and O–H groups in total. The minimum Gasteiger partial charge on any atom is -0.480 e. The zero-order valence-corrected chi connectivity index (χ0v) is 14.0. The Balaban J connectivity index is 1.68. The molecule has 4 nitrogen and oxygen atoms in total. The third kappa shape index (κ3) is 2.67. The maximum atomic E-state index is 13.2. The van der Waals surface area contributed by atoms with E-state index in [2.05, 4.69) is 4.98 Å². The summed E-state index contributed by atoms with van der Waals surface area (Å²) < 4.78 is 5.89. The number of benzene rings is 2. The molecule has 5 heteroatoms. The lowest BCUT2D eigenvalue weighted by Crippen LogP contribution is -2.38. The minimum absolute atomic E-state index is 0.0910. The van der Waals surface area contributed by atoms with Crippen LogP contribution >= 0.6 is 11.3 Å². The zero-order chi connectivity index (χ0) is 16.5. The summed E-state index contributed by atoms with van der Waals surface area (Å²) in [5.41, 5.74) is 2.77. The third-order valence-electron chi connectivity index (χ3n) is 3.96. The molecular weight excluding hydrogens is 320 g/mol. The van der Waals surface area contributed by atoms with E-state index >= 15 is 0 Å². The largest absolute Gasteiger partial charge is 0.480 e. The number of fused-ring (bicyclic) bond motifs is 1. The van der Waals surface area contributed by atoms with Crippen molar-refractivity contribution >= 4 is 28.1 Å². The summed E-state index contributed by atoms with van der Waals surface area (Å²) in [4.78, 5) is 19.3. The van der Waals surface area contributed by atoms with Crippen molar-refractivity contribution in [1.29, 1.82) is 0 Å². The molecule has 2 aromatic carbocycles. The Bertz CT molecular complexity index is 851. The number of thiazole rings is 1. The highest BCUT2D eigenvalue weighted by atomic mass is 32.1. The average molecular weight is 336 g/mol. The fourth-order valence-corrected chi connectivity index (χ4v) is 3.64. The van der Waals surface area contributed by atoms with Gasteiger partial charge in [0.15, 0.2) is 11.2 Å². The van der Waals surface area contributed by atoms with Crippen molar-refractivity contribution in [3.05, 3.63) is 71.2 Å². The highest BCUT2D eigenvalue weighted by molar-refractivity contribution is 7.14. The number of carbonyl (C=O) groups excluding carboxylic acids is 1. The van der Waals surface area contributed by atoms with E-state index in [1.54, 1.807) is 4.90 Å². The predicted octanol–water partition coefficient (Wildman–Crippen LogP) is 4.12. The number of nitrogens with zero attached hydrogens (tertiary/aromatic N) is 2. The molecule has 1 amide bonds. The Morgan fingerprint density at radius 3 is 2.62 bits per heavy atom. The summed E-state index contributed by atoms with van der Waals surface area (Å²) in [6, 6.07) is 17.4. The molecule has 3 aromatic rings. The van der Waals surface area contributed by atoms with Gasteiger partial charge in [0.05, 0.1) is 11.4 Å². The normalized spacial score (nSPS) is 15.6. The van der Waals surface area contributed by atoms with Crippen LogP contribution in [0, 0.1) is 6.92 Å². The van der Waals surface area contributed by atoms with Gasteiger partial charge in [0, 0.05) is 11.8 Å². The minimum atomic E-state index is -0.521. The van der Waals surface area contributed by atoms with Gasteiger partial charge in [-0.25, -0.2) is 4.98 Å². The van der Waals surface area contributed by atoms with E-state index in [9.17, 15) is 4.79 Å². The van der Waals surface area contributed by atoms with Crippen molar-refractivity contribution in [2.75, 3.05) is 4.90 Å². The van der Waals surface area contributed by atoms with Gasteiger partial charge >= 0.3 is 0 Å². The number of para-hydroxylation sites is 2. The van der Waals surface area contributed by atoms with Gasteiger partial charge in [0.1, 0.15) is 5.75 Å². The number of hydrogen-bond acceptors (Lipinski definition) is 4.